The Bertz CT molecular complexity index is 336. The lowest BCUT2D eigenvalue weighted by Gasteiger charge is -2.13. The van der Waals surface area contributed by atoms with Crippen LogP contribution in [-0.2, 0) is 12.8 Å². The number of hydrogen-bond acceptors (Lipinski definition) is 0. The zero-order chi connectivity index (χ0) is 13.4. The summed E-state index contributed by atoms with van der Waals surface area (Å²) in [6, 6.07) is 7.09. The fourth-order valence-electron chi connectivity index (χ4n) is 2.30. The Balaban J connectivity index is 2.81. The monoisotopic (exact) mass is 245 g/mol. The molecule has 0 saturated heterocycles. The van der Waals surface area contributed by atoms with Crippen LogP contribution in [0.1, 0.15) is 70.1 Å². The summed E-state index contributed by atoms with van der Waals surface area (Å²) in [5.41, 5.74) is 4.53. The molecule has 0 amide bonds. The molecule has 0 N–H and O–H groups in total. The highest BCUT2D eigenvalue weighted by Crippen LogP contribution is 2.21. The molecule has 101 valence electrons. The third-order valence-corrected chi connectivity index (χ3v) is 3.34. The minimum Gasteiger partial charge on any atom is -0.0654 e. The van der Waals surface area contributed by atoms with Gasteiger partial charge in [-0.05, 0) is 54.7 Å². The van der Waals surface area contributed by atoms with Gasteiger partial charge in [-0.15, -0.1) is 0 Å². The molecular weight excluding hydrogens is 216 g/mol. The van der Waals surface area contributed by atoms with Crippen LogP contribution in [0.25, 0.3) is 0 Å². The number of hydrogen-bond donors (Lipinski definition) is 0. The minimum absolute atomic E-state index is 0.631. The van der Waals surface area contributed by atoms with Gasteiger partial charge < -0.3 is 0 Å². The zero-order valence-corrected chi connectivity index (χ0v) is 12.6. The molecule has 0 unspecified atom stereocenters. The molecule has 0 heteroatoms. The van der Waals surface area contributed by atoms with Crippen LogP contribution in [0.2, 0.25) is 0 Å². The van der Waals surface area contributed by atoms with Gasteiger partial charge in [0.1, 0.15) is 0 Å². The van der Waals surface area contributed by atoms with Crippen molar-refractivity contribution in [2.24, 2.45) is 5.92 Å². The van der Waals surface area contributed by atoms with E-state index < -0.39 is 0 Å². The van der Waals surface area contributed by atoms with Gasteiger partial charge in [-0.25, -0.2) is 0 Å². The van der Waals surface area contributed by atoms with Gasteiger partial charge in [-0.1, -0.05) is 58.7 Å². The Hall–Kier alpha value is -0.780. The average molecular weight is 245 g/mol. The average Bonchev–Trinajstić information content (AvgIpc) is 2.35. The van der Waals surface area contributed by atoms with Crippen molar-refractivity contribution in [3.8, 4) is 0 Å². The van der Waals surface area contributed by atoms with Crippen molar-refractivity contribution in [3.63, 3.8) is 0 Å². The van der Waals surface area contributed by atoms with Gasteiger partial charge in [-0.2, -0.15) is 0 Å². The van der Waals surface area contributed by atoms with Crippen molar-refractivity contribution in [2.45, 2.75) is 66.2 Å². The molecule has 0 saturated carbocycles. The molecule has 0 fully saturated rings. The van der Waals surface area contributed by atoms with Crippen LogP contribution in [-0.4, -0.2) is 0 Å². The Kier molecular flexibility index (Phi) is 7.08. The highest BCUT2D eigenvalue weighted by molar-refractivity contribution is 5.37. The predicted octanol–water partition coefficient (Wildman–Crippen LogP) is 5.58. The van der Waals surface area contributed by atoms with Gasteiger partial charge in [0.05, 0.1) is 0 Å². The first-order valence-electron chi connectivity index (χ1n) is 7.64. The minimum atomic E-state index is 0.631. The maximum absolute atomic E-state index is 2.44. The first-order valence-corrected chi connectivity index (χ1v) is 7.64. The van der Waals surface area contributed by atoms with E-state index in [2.05, 4.69) is 52.3 Å². The third-order valence-electron chi connectivity index (χ3n) is 3.34. The van der Waals surface area contributed by atoms with Crippen LogP contribution >= 0.6 is 0 Å². The molecule has 0 nitrogen and oxygen atoms in total. The summed E-state index contributed by atoms with van der Waals surface area (Å²) in [7, 11) is 0. The normalized spacial score (nSPS) is 11.2. The van der Waals surface area contributed by atoms with Gasteiger partial charge in [0, 0.05) is 0 Å². The van der Waals surface area contributed by atoms with Gasteiger partial charge in [-0.3, -0.25) is 0 Å². The lowest BCUT2D eigenvalue weighted by molar-refractivity contribution is 0.752. The quantitative estimate of drug-likeness (QED) is 0.561. The standard InChI is InChI=1S/C18H29/c1-5-7-9-16-11-12-18(13-15(3)4)17(14-16)10-8-6-2/h11-15H,5-10H2,1-4H3. The van der Waals surface area contributed by atoms with Crippen LogP contribution in [0, 0.1) is 12.3 Å². The number of aryl methyl sites for hydroxylation is 2. The van der Waals surface area contributed by atoms with E-state index in [-0.39, 0.29) is 0 Å². The molecule has 0 aromatic heterocycles. The van der Waals surface area contributed by atoms with E-state index in [1.165, 1.54) is 49.7 Å². The fraction of sp³-hybridized carbons (Fsp3) is 0.611. The van der Waals surface area contributed by atoms with Crippen LogP contribution in [0.5, 0.6) is 0 Å². The van der Waals surface area contributed by atoms with Crippen molar-refractivity contribution >= 4 is 0 Å². The van der Waals surface area contributed by atoms with Gasteiger partial charge in [0.25, 0.3) is 0 Å². The fourth-order valence-corrected chi connectivity index (χ4v) is 2.30. The summed E-state index contributed by atoms with van der Waals surface area (Å²) >= 11 is 0. The van der Waals surface area contributed by atoms with Crippen molar-refractivity contribution in [3.05, 3.63) is 41.3 Å². The first-order chi connectivity index (χ1) is 8.67. The van der Waals surface area contributed by atoms with Crippen LogP contribution in [0.3, 0.4) is 0 Å². The van der Waals surface area contributed by atoms with E-state index in [4.69, 9.17) is 0 Å². The second-order valence-electron chi connectivity index (χ2n) is 5.65. The molecule has 0 atom stereocenters. The summed E-state index contributed by atoms with van der Waals surface area (Å²) < 4.78 is 0. The highest BCUT2D eigenvalue weighted by atomic mass is 14.1. The molecule has 1 aromatic carbocycles. The number of unbranched alkanes of at least 4 members (excludes halogenated alkanes) is 2. The van der Waals surface area contributed by atoms with Crippen molar-refractivity contribution in [2.75, 3.05) is 0 Å². The molecule has 0 aliphatic rings. The van der Waals surface area contributed by atoms with E-state index in [0.29, 0.717) is 5.92 Å². The highest BCUT2D eigenvalue weighted by Gasteiger charge is 2.06. The molecule has 0 aliphatic carbocycles. The summed E-state index contributed by atoms with van der Waals surface area (Å²) in [4.78, 5) is 0. The summed E-state index contributed by atoms with van der Waals surface area (Å²) in [5, 5.41) is 0. The number of rotatable bonds is 8. The van der Waals surface area contributed by atoms with Crippen LogP contribution in [0.4, 0.5) is 0 Å². The molecular formula is C18H29. The maximum Gasteiger partial charge on any atom is -0.00647 e. The van der Waals surface area contributed by atoms with Gasteiger partial charge >= 0.3 is 0 Å². The molecule has 0 heterocycles. The van der Waals surface area contributed by atoms with Crippen molar-refractivity contribution < 1.29 is 0 Å². The van der Waals surface area contributed by atoms with E-state index in [1.54, 1.807) is 5.56 Å². The number of benzene rings is 1. The predicted molar refractivity (Wildman–Crippen MR) is 81.9 cm³/mol. The molecule has 0 bridgehead atoms. The lowest BCUT2D eigenvalue weighted by atomic mass is 9.92. The largest absolute Gasteiger partial charge is 0.0654 e. The van der Waals surface area contributed by atoms with Crippen LogP contribution < -0.4 is 0 Å². The molecule has 0 spiro atoms. The topological polar surface area (TPSA) is 0 Å². The zero-order valence-electron chi connectivity index (χ0n) is 12.6. The first kappa shape index (κ1) is 15.3. The van der Waals surface area contributed by atoms with E-state index in [1.807, 2.05) is 0 Å². The third kappa shape index (κ3) is 5.25. The Labute approximate surface area is 114 Å². The van der Waals surface area contributed by atoms with E-state index in [0.717, 1.165) is 0 Å². The molecule has 0 aliphatic heterocycles. The molecule has 1 radical (unpaired) electrons. The Morgan fingerprint density at radius 1 is 1.00 bits per heavy atom. The second-order valence-corrected chi connectivity index (χ2v) is 5.65. The van der Waals surface area contributed by atoms with Gasteiger partial charge in [0.2, 0.25) is 0 Å². The summed E-state index contributed by atoms with van der Waals surface area (Å²) in [5.74, 6) is 0.631. The Morgan fingerprint density at radius 3 is 2.28 bits per heavy atom. The van der Waals surface area contributed by atoms with Crippen LogP contribution in [0.15, 0.2) is 18.2 Å². The van der Waals surface area contributed by atoms with Gasteiger partial charge in [0.15, 0.2) is 0 Å². The van der Waals surface area contributed by atoms with Crippen molar-refractivity contribution in [1.29, 1.82) is 0 Å². The van der Waals surface area contributed by atoms with E-state index >= 15 is 0 Å². The second kappa shape index (κ2) is 8.34. The lowest BCUT2D eigenvalue weighted by Crippen LogP contribution is -1.99. The summed E-state index contributed by atoms with van der Waals surface area (Å²) in [6.45, 7) is 9.05. The summed E-state index contributed by atoms with van der Waals surface area (Å²) in [6.07, 6.45) is 10.0. The van der Waals surface area contributed by atoms with E-state index in [9.17, 15) is 0 Å². The Morgan fingerprint density at radius 2 is 1.67 bits per heavy atom. The smallest absolute Gasteiger partial charge is 0.00647 e. The molecule has 1 aromatic rings. The molecule has 1 rings (SSSR count). The van der Waals surface area contributed by atoms with Crippen molar-refractivity contribution in [1.82, 2.24) is 0 Å². The molecule has 18 heavy (non-hydrogen) atoms. The SMILES string of the molecule is CCCCc1ccc([CH]C(C)C)c(CCCC)c1. The maximum atomic E-state index is 2.44.